The minimum atomic E-state index is -0.0212. The highest BCUT2D eigenvalue weighted by Gasteiger charge is 2.35. The first-order valence-corrected chi connectivity index (χ1v) is 18.0. The quantitative estimate of drug-likeness (QED) is 0.164. The highest BCUT2D eigenvalue weighted by atomic mass is 14.4. The first kappa shape index (κ1) is 28.6. The molecule has 0 heteroatoms. The van der Waals surface area contributed by atoms with Crippen molar-refractivity contribution in [2.75, 3.05) is 0 Å². The van der Waals surface area contributed by atoms with Crippen molar-refractivity contribution in [1.82, 2.24) is 0 Å². The van der Waals surface area contributed by atoms with Crippen molar-refractivity contribution in [3.05, 3.63) is 181 Å². The lowest BCUT2D eigenvalue weighted by Crippen LogP contribution is -2.14. The van der Waals surface area contributed by atoms with Crippen LogP contribution in [0.25, 0.3) is 98.0 Å². The molecule has 10 aromatic rings. The lowest BCUT2D eigenvalue weighted by molar-refractivity contribution is 0.661. The van der Waals surface area contributed by atoms with E-state index in [0.717, 1.165) is 0 Å². The maximum absolute atomic E-state index is 2.47. The molecule has 0 atom stereocenters. The van der Waals surface area contributed by atoms with Crippen LogP contribution in [-0.4, -0.2) is 0 Å². The fraction of sp³-hybridized carbons (Fsp3) is 0.0588. The van der Waals surface area contributed by atoms with Crippen LogP contribution in [0.15, 0.2) is 170 Å². The lowest BCUT2D eigenvalue weighted by Gasteiger charge is -2.22. The van der Waals surface area contributed by atoms with Gasteiger partial charge in [0.25, 0.3) is 0 Å². The fourth-order valence-electron chi connectivity index (χ4n) is 9.03. The van der Waals surface area contributed by atoms with Gasteiger partial charge in [0.1, 0.15) is 0 Å². The number of hydrogen-bond donors (Lipinski definition) is 0. The summed E-state index contributed by atoms with van der Waals surface area (Å²) < 4.78 is 0. The molecule has 10 aromatic carbocycles. The Bertz CT molecular complexity index is 3100. The summed E-state index contributed by atoms with van der Waals surface area (Å²) in [5.74, 6) is 0. The van der Waals surface area contributed by atoms with E-state index in [1.165, 1.54) is 109 Å². The smallest absolute Gasteiger partial charge is 0.0159 e. The molecule has 0 saturated heterocycles. The molecule has 0 saturated carbocycles. The number of fused-ring (bicyclic) bond motifs is 12. The van der Waals surface area contributed by atoms with E-state index in [2.05, 4.69) is 184 Å². The topological polar surface area (TPSA) is 0 Å². The third-order valence-electron chi connectivity index (χ3n) is 11.8. The van der Waals surface area contributed by atoms with Crippen molar-refractivity contribution in [2.24, 2.45) is 0 Å². The van der Waals surface area contributed by atoms with Gasteiger partial charge in [0.15, 0.2) is 0 Å². The van der Waals surface area contributed by atoms with Crippen molar-refractivity contribution in [1.29, 1.82) is 0 Å². The minimum Gasteiger partial charge on any atom is -0.0619 e. The van der Waals surface area contributed by atoms with Crippen LogP contribution in [0.5, 0.6) is 0 Å². The second-order valence-corrected chi connectivity index (χ2v) is 15.0. The zero-order valence-corrected chi connectivity index (χ0v) is 28.7. The zero-order valence-electron chi connectivity index (χ0n) is 28.7. The van der Waals surface area contributed by atoms with E-state index in [-0.39, 0.29) is 5.41 Å². The molecule has 0 spiro atoms. The summed E-state index contributed by atoms with van der Waals surface area (Å²) in [4.78, 5) is 0. The second-order valence-electron chi connectivity index (χ2n) is 15.0. The van der Waals surface area contributed by atoms with Crippen molar-refractivity contribution < 1.29 is 0 Å². The summed E-state index contributed by atoms with van der Waals surface area (Å²) in [5.41, 5.74) is 10.5. The van der Waals surface area contributed by atoms with Gasteiger partial charge >= 0.3 is 0 Å². The van der Waals surface area contributed by atoms with E-state index in [9.17, 15) is 0 Å². The summed E-state index contributed by atoms with van der Waals surface area (Å²) in [6, 6.07) is 63.8. The summed E-state index contributed by atoms with van der Waals surface area (Å²) >= 11 is 0. The summed E-state index contributed by atoms with van der Waals surface area (Å²) in [7, 11) is 0. The van der Waals surface area contributed by atoms with Gasteiger partial charge in [-0.1, -0.05) is 147 Å². The normalized spacial score (nSPS) is 13.5. The molecule has 0 heterocycles. The fourth-order valence-corrected chi connectivity index (χ4v) is 9.03. The van der Waals surface area contributed by atoms with E-state index < -0.39 is 0 Å². The third kappa shape index (κ3) is 4.20. The first-order valence-electron chi connectivity index (χ1n) is 18.0. The predicted molar refractivity (Wildman–Crippen MR) is 220 cm³/mol. The summed E-state index contributed by atoms with van der Waals surface area (Å²) in [6.45, 7) is 4.73. The number of benzene rings is 10. The molecule has 0 fully saturated rings. The van der Waals surface area contributed by atoms with Gasteiger partial charge in [0, 0.05) is 5.41 Å². The van der Waals surface area contributed by atoms with Crippen LogP contribution >= 0.6 is 0 Å². The molecular formula is C51H34. The minimum absolute atomic E-state index is 0.0212. The van der Waals surface area contributed by atoms with Gasteiger partial charge in [-0.25, -0.2) is 0 Å². The van der Waals surface area contributed by atoms with Crippen molar-refractivity contribution >= 4 is 64.6 Å². The Labute approximate surface area is 297 Å². The van der Waals surface area contributed by atoms with Gasteiger partial charge in [0.2, 0.25) is 0 Å². The molecule has 0 radical (unpaired) electrons. The second kappa shape index (κ2) is 10.4. The molecule has 0 unspecified atom stereocenters. The summed E-state index contributed by atoms with van der Waals surface area (Å²) in [6.07, 6.45) is 0. The highest BCUT2D eigenvalue weighted by molar-refractivity contribution is 6.18. The Balaban J connectivity index is 0.990. The van der Waals surface area contributed by atoms with Crippen LogP contribution < -0.4 is 0 Å². The molecule has 0 N–H and O–H groups in total. The van der Waals surface area contributed by atoms with E-state index in [1.54, 1.807) is 0 Å². The van der Waals surface area contributed by atoms with Crippen LogP contribution in [0.1, 0.15) is 25.0 Å². The van der Waals surface area contributed by atoms with Crippen molar-refractivity contribution in [2.45, 2.75) is 19.3 Å². The van der Waals surface area contributed by atoms with Gasteiger partial charge in [-0.15, -0.1) is 0 Å². The van der Waals surface area contributed by atoms with Crippen molar-refractivity contribution in [3.8, 4) is 33.4 Å². The number of hydrogen-bond acceptors (Lipinski definition) is 0. The Morgan fingerprint density at radius 2 is 0.745 bits per heavy atom. The largest absolute Gasteiger partial charge is 0.0619 e. The molecule has 1 aliphatic carbocycles. The van der Waals surface area contributed by atoms with Gasteiger partial charge < -0.3 is 0 Å². The third-order valence-corrected chi connectivity index (χ3v) is 11.8. The maximum Gasteiger partial charge on any atom is 0.0159 e. The van der Waals surface area contributed by atoms with Crippen LogP contribution in [0.4, 0.5) is 0 Å². The Morgan fingerprint density at radius 1 is 0.275 bits per heavy atom. The highest BCUT2D eigenvalue weighted by Crippen LogP contribution is 2.50. The van der Waals surface area contributed by atoms with Gasteiger partial charge in [-0.05, 0) is 146 Å². The molecule has 0 amide bonds. The first-order chi connectivity index (χ1) is 25.0. The van der Waals surface area contributed by atoms with Gasteiger partial charge in [0.05, 0.1) is 0 Å². The molecule has 1 aliphatic rings. The summed E-state index contributed by atoms with van der Waals surface area (Å²) in [5, 5.41) is 15.5. The molecular weight excluding hydrogens is 613 g/mol. The Morgan fingerprint density at radius 3 is 1.45 bits per heavy atom. The molecule has 0 nitrogen and oxygen atoms in total. The maximum atomic E-state index is 2.47. The van der Waals surface area contributed by atoms with Gasteiger partial charge in [-0.2, -0.15) is 0 Å². The van der Waals surface area contributed by atoms with Crippen LogP contribution in [0.3, 0.4) is 0 Å². The van der Waals surface area contributed by atoms with E-state index in [1.807, 2.05) is 0 Å². The number of rotatable bonds is 2. The molecule has 0 aliphatic heterocycles. The average Bonchev–Trinajstić information content (AvgIpc) is 3.41. The predicted octanol–water partition coefficient (Wildman–Crippen LogP) is 14.2. The average molecular weight is 647 g/mol. The molecule has 238 valence electrons. The molecule has 51 heavy (non-hydrogen) atoms. The standard InChI is InChI=1S/C51H34/c1-51(2)49-10-6-5-9-44(49)48-29-40-20-13-32-11-14-39(28-46(32)47(40)30-50(48)51)37-19-17-34-25-36(18-16-35(34)26-37)38-15-12-33-22-23-42-41-8-4-3-7-31(41)21-24-43(42)45(33)27-38/h3-30H,1-2H3. The van der Waals surface area contributed by atoms with E-state index >= 15 is 0 Å². The molecule has 0 aromatic heterocycles. The lowest BCUT2D eigenvalue weighted by atomic mass is 9.81. The Kier molecular flexibility index (Phi) is 5.82. The molecule has 0 bridgehead atoms. The van der Waals surface area contributed by atoms with Crippen LogP contribution in [-0.2, 0) is 5.41 Å². The SMILES string of the molecule is CC1(C)c2ccccc2-c2cc3ccc4ccc(-c5ccc6cc(-c7ccc8ccc9c%10ccccc%10ccc9c8c7)ccc6c5)cc4c3cc21. The van der Waals surface area contributed by atoms with E-state index in [4.69, 9.17) is 0 Å². The molecule has 11 rings (SSSR count). The van der Waals surface area contributed by atoms with Crippen LogP contribution in [0, 0.1) is 0 Å². The van der Waals surface area contributed by atoms with E-state index in [0.29, 0.717) is 0 Å². The Hall–Kier alpha value is -6.24. The van der Waals surface area contributed by atoms with Crippen LogP contribution in [0.2, 0.25) is 0 Å². The monoisotopic (exact) mass is 646 g/mol. The zero-order chi connectivity index (χ0) is 33.8. The van der Waals surface area contributed by atoms with Gasteiger partial charge in [-0.3, -0.25) is 0 Å². The van der Waals surface area contributed by atoms with Crippen molar-refractivity contribution in [3.63, 3.8) is 0 Å².